The Balaban J connectivity index is 1.34. The molecule has 2 N–H and O–H groups in total. The molecule has 228 valence electrons. The summed E-state index contributed by atoms with van der Waals surface area (Å²) in [6, 6.07) is 25.7. The Morgan fingerprint density at radius 3 is 2.60 bits per heavy atom. The highest BCUT2D eigenvalue weighted by Gasteiger charge is 2.41. The Hall–Kier alpha value is -5.29. The summed E-state index contributed by atoms with van der Waals surface area (Å²) in [4.78, 5) is 31.0. The van der Waals surface area contributed by atoms with Crippen LogP contribution in [0.1, 0.15) is 41.1 Å². The lowest BCUT2D eigenvalue weighted by atomic mass is 9.96. The van der Waals surface area contributed by atoms with E-state index in [0.29, 0.717) is 23.1 Å². The number of hydrogen-bond donors (Lipinski definition) is 2. The molecule has 6 rings (SSSR count). The fraction of sp³-hybridized carbons (Fsp3) is 0.206. The van der Waals surface area contributed by atoms with E-state index in [-0.39, 0.29) is 30.1 Å². The molecule has 11 heteroatoms. The molecule has 1 aliphatic heterocycles. The van der Waals surface area contributed by atoms with Crippen LogP contribution < -0.4 is 15.4 Å². The van der Waals surface area contributed by atoms with Crippen LogP contribution in [-0.4, -0.2) is 44.0 Å². The Morgan fingerprint density at radius 1 is 1.07 bits per heavy atom. The number of nitrogens with one attached hydrogen (secondary N) is 2. The van der Waals surface area contributed by atoms with E-state index in [1.165, 1.54) is 19.2 Å². The molecule has 0 spiro atoms. The molecule has 3 heterocycles. The first-order valence-corrected chi connectivity index (χ1v) is 14.9. The number of fused-ring (bicyclic) bond motifs is 1. The van der Waals surface area contributed by atoms with Gasteiger partial charge in [-0.15, -0.1) is 0 Å². The molecule has 0 saturated carbocycles. The molecule has 2 aromatic heterocycles. The van der Waals surface area contributed by atoms with Crippen LogP contribution in [0.2, 0.25) is 0 Å². The first-order chi connectivity index (χ1) is 21.8. The third-order valence-electron chi connectivity index (χ3n) is 8.25. The maximum absolute atomic E-state index is 13.3. The Labute approximate surface area is 265 Å². The van der Waals surface area contributed by atoms with Gasteiger partial charge in [0.15, 0.2) is 5.11 Å². The van der Waals surface area contributed by atoms with Crippen molar-refractivity contribution in [3.63, 3.8) is 0 Å². The Bertz CT molecular complexity index is 1920. The van der Waals surface area contributed by atoms with Crippen molar-refractivity contribution < 1.29 is 14.5 Å². The third kappa shape index (κ3) is 5.69. The number of aromatic nitrogens is 2. The second-order valence-electron chi connectivity index (χ2n) is 10.9. The van der Waals surface area contributed by atoms with Crippen molar-refractivity contribution in [2.75, 3.05) is 19.0 Å². The van der Waals surface area contributed by atoms with Crippen LogP contribution in [0.4, 0.5) is 11.4 Å². The number of nitrogens with zero attached hydrogens (tertiary/aromatic N) is 4. The van der Waals surface area contributed by atoms with E-state index in [9.17, 15) is 14.9 Å². The van der Waals surface area contributed by atoms with Gasteiger partial charge in [-0.3, -0.25) is 19.9 Å². The summed E-state index contributed by atoms with van der Waals surface area (Å²) in [6.07, 6.45) is 1.97. The number of ether oxygens (including phenoxy) is 1. The van der Waals surface area contributed by atoms with E-state index in [1.54, 1.807) is 12.3 Å². The number of anilines is 1. The second kappa shape index (κ2) is 12.4. The van der Waals surface area contributed by atoms with Gasteiger partial charge in [-0.05, 0) is 67.3 Å². The van der Waals surface area contributed by atoms with Crippen molar-refractivity contribution in [2.24, 2.45) is 0 Å². The number of aryl methyl sites for hydroxylation is 1. The number of nitro groups is 1. The molecule has 0 unspecified atom stereocenters. The van der Waals surface area contributed by atoms with Crippen molar-refractivity contribution >= 4 is 45.4 Å². The minimum Gasteiger partial charge on any atom is -0.494 e. The molecule has 0 radical (unpaired) electrons. The van der Waals surface area contributed by atoms with Gasteiger partial charge in [0, 0.05) is 47.7 Å². The van der Waals surface area contributed by atoms with Crippen LogP contribution in [0.3, 0.4) is 0 Å². The normalized spacial score (nSPS) is 16.1. The zero-order valence-electron chi connectivity index (χ0n) is 25.1. The number of thiocarbonyl (C=S) groups is 1. The molecule has 10 nitrogen and oxygen atoms in total. The van der Waals surface area contributed by atoms with Crippen molar-refractivity contribution in [3.05, 3.63) is 124 Å². The fourth-order valence-electron chi connectivity index (χ4n) is 6.18. The third-order valence-corrected chi connectivity index (χ3v) is 8.60. The average molecular weight is 621 g/mol. The maximum atomic E-state index is 13.3. The lowest BCUT2D eigenvalue weighted by molar-refractivity contribution is -0.384. The molecule has 45 heavy (non-hydrogen) atoms. The number of methoxy groups -OCH3 is 1. The number of nitro benzene ring substituents is 1. The minimum atomic E-state index is -0.440. The average Bonchev–Trinajstić information content (AvgIpc) is 3.53. The van der Waals surface area contributed by atoms with Gasteiger partial charge in [0.1, 0.15) is 5.75 Å². The lowest BCUT2D eigenvalue weighted by Crippen LogP contribution is -2.33. The number of carbonyl (C=O) groups excluding carboxylic acids is 1. The smallest absolute Gasteiger partial charge is 0.273 e. The molecule has 1 aliphatic rings. The van der Waals surface area contributed by atoms with E-state index in [2.05, 4.69) is 26.6 Å². The lowest BCUT2D eigenvalue weighted by Gasteiger charge is -2.28. The predicted molar refractivity (Wildman–Crippen MR) is 178 cm³/mol. The van der Waals surface area contributed by atoms with Crippen LogP contribution in [0.15, 0.2) is 91.1 Å². The van der Waals surface area contributed by atoms with Gasteiger partial charge < -0.3 is 24.8 Å². The number of amides is 1. The molecule has 1 fully saturated rings. The molecule has 0 bridgehead atoms. The zero-order chi connectivity index (χ0) is 31.7. The summed E-state index contributed by atoms with van der Waals surface area (Å²) >= 11 is 5.86. The molecule has 2 atom stereocenters. The van der Waals surface area contributed by atoms with Crippen LogP contribution in [0, 0.1) is 24.0 Å². The molecule has 1 saturated heterocycles. The Kier molecular flexibility index (Phi) is 8.18. The van der Waals surface area contributed by atoms with Crippen molar-refractivity contribution in [2.45, 2.75) is 32.4 Å². The molecular formula is C34H32N6O4S. The highest BCUT2D eigenvalue weighted by atomic mass is 32.1. The zero-order valence-corrected chi connectivity index (χ0v) is 25.9. The minimum absolute atomic E-state index is 0.0493. The number of hydrogen-bond acceptors (Lipinski definition) is 6. The van der Waals surface area contributed by atoms with E-state index in [1.807, 2.05) is 79.1 Å². The van der Waals surface area contributed by atoms with Gasteiger partial charge in [0.2, 0.25) is 5.91 Å². The molecule has 1 amide bonds. The number of rotatable bonds is 9. The highest BCUT2D eigenvalue weighted by Crippen LogP contribution is 2.42. The predicted octanol–water partition coefficient (Wildman–Crippen LogP) is 6.56. The largest absolute Gasteiger partial charge is 0.494 e. The van der Waals surface area contributed by atoms with Crippen molar-refractivity contribution in [3.8, 4) is 11.4 Å². The number of benzene rings is 3. The first-order valence-electron chi connectivity index (χ1n) is 14.5. The van der Waals surface area contributed by atoms with Crippen molar-refractivity contribution in [1.82, 2.24) is 19.8 Å². The van der Waals surface area contributed by atoms with Gasteiger partial charge in [0.25, 0.3) is 5.69 Å². The van der Waals surface area contributed by atoms with Gasteiger partial charge in [-0.2, -0.15) is 0 Å². The highest BCUT2D eigenvalue weighted by molar-refractivity contribution is 7.80. The number of non-ortho nitro benzene ring substituents is 1. The van der Waals surface area contributed by atoms with E-state index in [4.69, 9.17) is 17.0 Å². The summed E-state index contributed by atoms with van der Waals surface area (Å²) in [5.41, 5.74) is 5.06. The quantitative estimate of drug-likeness (QED) is 0.108. The molecule has 3 aromatic carbocycles. The SMILES string of the molecule is COc1cc([N+](=O)[O-])ccc1-n1c(C)cc([C@@H]2[C@@H](c3ccccn3)NC(=S)N2CCC(=O)Nc2cccc3ccccc23)c1C. The molecular weight excluding hydrogens is 588 g/mol. The summed E-state index contributed by atoms with van der Waals surface area (Å²) in [5.74, 6) is 0.274. The standard InChI is InChI=1S/C34H32N6O4S/c1-21-19-26(22(2)39(21)29-15-14-24(40(42)43)20-30(29)44-3)33-32(28-12-6-7-17-35-28)37-34(45)38(33)18-16-31(41)36-27-13-8-10-23-9-4-5-11-25(23)27/h4-15,17,19-20,32-33H,16,18H2,1-3H3,(H,36,41)(H,37,45)/t32-,33-/m1/s1. The van der Waals surface area contributed by atoms with E-state index >= 15 is 0 Å². The van der Waals surface area contributed by atoms with Crippen LogP contribution in [0.25, 0.3) is 16.5 Å². The first kappa shape index (κ1) is 29.8. The van der Waals surface area contributed by atoms with Crippen LogP contribution in [0.5, 0.6) is 5.75 Å². The van der Waals surface area contributed by atoms with Gasteiger partial charge in [-0.25, -0.2) is 0 Å². The molecule has 5 aromatic rings. The topological polar surface area (TPSA) is 115 Å². The number of carbonyl (C=O) groups is 1. The molecule has 0 aliphatic carbocycles. The summed E-state index contributed by atoms with van der Waals surface area (Å²) in [6.45, 7) is 4.36. The van der Waals surface area contributed by atoms with Crippen LogP contribution in [-0.2, 0) is 4.79 Å². The summed E-state index contributed by atoms with van der Waals surface area (Å²) < 4.78 is 7.61. The Morgan fingerprint density at radius 2 is 1.84 bits per heavy atom. The monoisotopic (exact) mass is 620 g/mol. The maximum Gasteiger partial charge on any atom is 0.273 e. The van der Waals surface area contributed by atoms with E-state index in [0.717, 1.165) is 39.1 Å². The van der Waals surface area contributed by atoms with Crippen LogP contribution >= 0.6 is 12.2 Å². The van der Waals surface area contributed by atoms with Gasteiger partial charge in [-0.1, -0.05) is 42.5 Å². The fourth-order valence-corrected chi connectivity index (χ4v) is 6.51. The summed E-state index contributed by atoms with van der Waals surface area (Å²) in [5, 5.41) is 20.5. The second-order valence-corrected chi connectivity index (χ2v) is 11.3. The van der Waals surface area contributed by atoms with Crippen molar-refractivity contribution in [1.29, 1.82) is 0 Å². The van der Waals surface area contributed by atoms with Gasteiger partial charge >= 0.3 is 0 Å². The number of pyridine rings is 1. The van der Waals surface area contributed by atoms with Gasteiger partial charge in [0.05, 0.1) is 41.6 Å². The van der Waals surface area contributed by atoms with E-state index < -0.39 is 4.92 Å². The summed E-state index contributed by atoms with van der Waals surface area (Å²) in [7, 11) is 1.50.